The molecule has 3 heteroatoms. The highest BCUT2D eigenvalue weighted by Crippen LogP contribution is 2.23. The predicted octanol–water partition coefficient (Wildman–Crippen LogP) is 3.77. The highest BCUT2D eigenvalue weighted by atomic mass is 16.5. The second-order valence-electron chi connectivity index (χ2n) is 4.41. The number of ether oxygens (including phenoxy) is 1. The van der Waals surface area contributed by atoms with Gasteiger partial charge in [-0.25, -0.2) is 0 Å². The minimum Gasteiger partial charge on any atom is -0.457 e. The van der Waals surface area contributed by atoms with Crippen LogP contribution in [0.4, 0.5) is 0 Å². The van der Waals surface area contributed by atoms with Crippen molar-refractivity contribution in [2.45, 2.75) is 13.0 Å². The van der Waals surface area contributed by atoms with Crippen LogP contribution < -0.4 is 4.74 Å². The summed E-state index contributed by atoms with van der Waals surface area (Å²) < 4.78 is 5.73. The molecule has 0 bridgehead atoms. The predicted molar refractivity (Wildman–Crippen MR) is 78.2 cm³/mol. The Morgan fingerprint density at radius 2 is 1.85 bits per heavy atom. The van der Waals surface area contributed by atoms with Gasteiger partial charge in [0.15, 0.2) is 6.10 Å². The minimum atomic E-state index is -1.08. The number of nitriles is 1. The summed E-state index contributed by atoms with van der Waals surface area (Å²) in [5.41, 5.74) is 1.48. The Bertz CT molecular complexity index is 642. The van der Waals surface area contributed by atoms with Gasteiger partial charge < -0.3 is 9.84 Å². The molecule has 0 aliphatic rings. The van der Waals surface area contributed by atoms with Crippen LogP contribution in [-0.2, 0) is 0 Å². The van der Waals surface area contributed by atoms with E-state index in [-0.39, 0.29) is 0 Å². The molecule has 0 amide bonds. The summed E-state index contributed by atoms with van der Waals surface area (Å²) in [4.78, 5) is 0. The molecule has 0 radical (unpaired) electrons. The second kappa shape index (κ2) is 6.55. The molecule has 0 heterocycles. The molecule has 0 aromatic heterocycles. The minimum absolute atomic E-state index is 0.601. The Hall–Kier alpha value is -2.57. The zero-order valence-electron chi connectivity index (χ0n) is 11.2. The molecule has 0 aliphatic carbocycles. The van der Waals surface area contributed by atoms with Gasteiger partial charge in [-0.1, -0.05) is 36.4 Å². The zero-order valence-corrected chi connectivity index (χ0v) is 11.2. The van der Waals surface area contributed by atoms with Crippen molar-refractivity contribution in [1.29, 1.82) is 5.26 Å². The van der Waals surface area contributed by atoms with Gasteiger partial charge in [-0.05, 0) is 42.3 Å². The van der Waals surface area contributed by atoms with E-state index in [1.54, 1.807) is 19.1 Å². The molecular weight excluding hydrogens is 250 g/mol. The summed E-state index contributed by atoms with van der Waals surface area (Å²) in [5, 5.41) is 18.1. The van der Waals surface area contributed by atoms with Crippen molar-refractivity contribution in [3.05, 3.63) is 65.7 Å². The highest BCUT2D eigenvalue weighted by Gasteiger charge is 2.04. The Labute approximate surface area is 118 Å². The van der Waals surface area contributed by atoms with Crippen LogP contribution in [0.1, 0.15) is 12.5 Å². The first-order chi connectivity index (χ1) is 9.69. The molecule has 1 N–H and O–H groups in total. The maximum Gasteiger partial charge on any atom is 0.161 e. The molecule has 20 heavy (non-hydrogen) atoms. The van der Waals surface area contributed by atoms with Gasteiger partial charge in [0.05, 0.1) is 6.07 Å². The number of benzene rings is 2. The van der Waals surface area contributed by atoms with Crippen LogP contribution in [0.25, 0.3) is 6.08 Å². The van der Waals surface area contributed by atoms with Gasteiger partial charge in [0.1, 0.15) is 11.5 Å². The van der Waals surface area contributed by atoms with Gasteiger partial charge in [-0.3, -0.25) is 0 Å². The van der Waals surface area contributed by atoms with E-state index in [0.29, 0.717) is 11.3 Å². The van der Waals surface area contributed by atoms with E-state index >= 15 is 0 Å². The van der Waals surface area contributed by atoms with Crippen LogP contribution in [0, 0.1) is 11.3 Å². The quantitative estimate of drug-likeness (QED) is 0.856. The molecule has 0 unspecified atom stereocenters. The van der Waals surface area contributed by atoms with Gasteiger partial charge in [-0.2, -0.15) is 5.26 Å². The lowest BCUT2D eigenvalue weighted by Gasteiger charge is -2.07. The third kappa shape index (κ3) is 3.71. The summed E-state index contributed by atoms with van der Waals surface area (Å²) in [7, 11) is 0. The fraction of sp³-hybridized carbons (Fsp3) is 0.118. The highest BCUT2D eigenvalue weighted by molar-refractivity contribution is 5.56. The lowest BCUT2D eigenvalue weighted by molar-refractivity contribution is 0.267. The van der Waals surface area contributed by atoms with Crippen LogP contribution in [0.5, 0.6) is 11.5 Å². The number of rotatable bonds is 4. The SMILES string of the molecule is C/C(=C\c1cccc(Oc2ccccc2)c1)[C@H](O)C#N. The number of nitrogens with zero attached hydrogens (tertiary/aromatic N) is 1. The summed E-state index contributed by atoms with van der Waals surface area (Å²) >= 11 is 0. The summed E-state index contributed by atoms with van der Waals surface area (Å²) in [6, 6.07) is 18.8. The van der Waals surface area contributed by atoms with Crippen molar-refractivity contribution in [1.82, 2.24) is 0 Å². The van der Waals surface area contributed by atoms with Crippen molar-refractivity contribution in [3.63, 3.8) is 0 Å². The summed E-state index contributed by atoms with van der Waals surface area (Å²) in [5.74, 6) is 1.48. The average Bonchev–Trinajstić information content (AvgIpc) is 2.47. The maximum absolute atomic E-state index is 9.43. The molecule has 100 valence electrons. The molecule has 0 saturated heterocycles. The van der Waals surface area contributed by atoms with E-state index in [1.165, 1.54) is 0 Å². The van der Waals surface area contributed by atoms with Gasteiger partial charge >= 0.3 is 0 Å². The number of aliphatic hydroxyl groups excluding tert-OH is 1. The molecule has 2 aromatic rings. The van der Waals surface area contributed by atoms with Crippen molar-refractivity contribution >= 4 is 6.08 Å². The Kier molecular flexibility index (Phi) is 4.54. The fourth-order valence-corrected chi connectivity index (χ4v) is 1.74. The first-order valence-corrected chi connectivity index (χ1v) is 6.28. The van der Waals surface area contributed by atoms with E-state index in [0.717, 1.165) is 11.3 Å². The van der Waals surface area contributed by atoms with E-state index in [1.807, 2.05) is 54.6 Å². The molecule has 1 atom stereocenters. The smallest absolute Gasteiger partial charge is 0.161 e. The third-order valence-electron chi connectivity index (χ3n) is 2.78. The van der Waals surface area contributed by atoms with E-state index in [2.05, 4.69) is 0 Å². The van der Waals surface area contributed by atoms with Gasteiger partial charge in [0.2, 0.25) is 0 Å². The molecule has 0 saturated carbocycles. The molecular formula is C17H15NO2. The summed E-state index contributed by atoms with van der Waals surface area (Å²) in [6.45, 7) is 1.72. The number of aliphatic hydroxyl groups is 1. The monoisotopic (exact) mass is 265 g/mol. The van der Waals surface area contributed by atoms with Crippen LogP contribution in [0.15, 0.2) is 60.2 Å². The van der Waals surface area contributed by atoms with Gasteiger partial charge in [0, 0.05) is 0 Å². The number of hydrogen-bond acceptors (Lipinski definition) is 3. The maximum atomic E-state index is 9.43. The van der Waals surface area contributed by atoms with Crippen LogP contribution in [0.2, 0.25) is 0 Å². The van der Waals surface area contributed by atoms with Crippen LogP contribution >= 0.6 is 0 Å². The molecule has 3 nitrogen and oxygen atoms in total. The molecule has 0 fully saturated rings. The molecule has 0 aliphatic heterocycles. The summed E-state index contributed by atoms with van der Waals surface area (Å²) in [6.07, 6.45) is 0.694. The normalized spacial score (nSPS) is 12.6. The fourth-order valence-electron chi connectivity index (χ4n) is 1.74. The first-order valence-electron chi connectivity index (χ1n) is 6.28. The standard InChI is InChI=1S/C17H15NO2/c1-13(17(19)12-18)10-14-6-5-9-16(11-14)20-15-7-3-2-4-8-15/h2-11,17,19H,1H3/b13-10+/t17-/m1/s1. The van der Waals surface area contributed by atoms with Crippen molar-refractivity contribution in [3.8, 4) is 17.6 Å². The van der Waals surface area contributed by atoms with Gasteiger partial charge in [-0.15, -0.1) is 0 Å². The van der Waals surface area contributed by atoms with Crippen LogP contribution in [0.3, 0.4) is 0 Å². The molecule has 2 rings (SSSR count). The number of para-hydroxylation sites is 1. The Morgan fingerprint density at radius 3 is 2.55 bits per heavy atom. The lowest BCUT2D eigenvalue weighted by atomic mass is 10.1. The first kappa shape index (κ1) is 13.9. The number of hydrogen-bond donors (Lipinski definition) is 1. The van der Waals surface area contributed by atoms with Crippen molar-refractivity contribution < 1.29 is 9.84 Å². The average molecular weight is 265 g/mol. The van der Waals surface area contributed by atoms with Crippen LogP contribution in [-0.4, -0.2) is 11.2 Å². The van der Waals surface area contributed by atoms with Crippen molar-refractivity contribution in [2.24, 2.45) is 0 Å². The van der Waals surface area contributed by atoms with Gasteiger partial charge in [0.25, 0.3) is 0 Å². The van der Waals surface area contributed by atoms with Crippen molar-refractivity contribution in [2.75, 3.05) is 0 Å². The lowest BCUT2D eigenvalue weighted by Crippen LogP contribution is -2.03. The zero-order chi connectivity index (χ0) is 14.4. The molecule has 0 spiro atoms. The topological polar surface area (TPSA) is 53.2 Å². The second-order valence-corrected chi connectivity index (χ2v) is 4.41. The van der Waals surface area contributed by atoms with E-state index < -0.39 is 6.10 Å². The molecule has 2 aromatic carbocycles. The Balaban J connectivity index is 2.19. The van der Waals surface area contributed by atoms with E-state index in [9.17, 15) is 5.11 Å². The third-order valence-corrected chi connectivity index (χ3v) is 2.78. The van der Waals surface area contributed by atoms with E-state index in [4.69, 9.17) is 10.00 Å². The largest absolute Gasteiger partial charge is 0.457 e. The Morgan fingerprint density at radius 1 is 1.15 bits per heavy atom.